The first-order valence-electron chi connectivity index (χ1n) is 7.42. The standard InChI is InChI=1S/C19H12N4S/c20-13-15-7-4-8-18(22-15)23-12-11-21-19(23)17-10-9-16(24-17)14-5-2-1-3-6-14/h1-12H. The van der Waals surface area contributed by atoms with Crippen LogP contribution >= 0.6 is 11.3 Å². The molecule has 0 unspecified atom stereocenters. The lowest BCUT2D eigenvalue weighted by atomic mass is 10.2. The number of rotatable bonds is 3. The average molecular weight is 328 g/mol. The molecule has 4 aromatic rings. The maximum Gasteiger partial charge on any atom is 0.155 e. The smallest absolute Gasteiger partial charge is 0.155 e. The topological polar surface area (TPSA) is 54.5 Å². The lowest BCUT2D eigenvalue weighted by Gasteiger charge is -2.05. The van der Waals surface area contributed by atoms with Gasteiger partial charge in [0.25, 0.3) is 0 Å². The maximum atomic E-state index is 9.04. The van der Waals surface area contributed by atoms with E-state index in [9.17, 15) is 0 Å². The summed E-state index contributed by atoms with van der Waals surface area (Å²) in [6.07, 6.45) is 3.61. The molecule has 0 aliphatic carbocycles. The van der Waals surface area contributed by atoms with Crippen LogP contribution in [0.15, 0.2) is 73.1 Å². The highest BCUT2D eigenvalue weighted by atomic mass is 32.1. The summed E-state index contributed by atoms with van der Waals surface area (Å²) in [6.45, 7) is 0. The molecule has 0 aliphatic heterocycles. The van der Waals surface area contributed by atoms with E-state index in [1.807, 2.05) is 41.1 Å². The van der Waals surface area contributed by atoms with E-state index in [0.29, 0.717) is 11.5 Å². The summed E-state index contributed by atoms with van der Waals surface area (Å²) >= 11 is 1.69. The van der Waals surface area contributed by atoms with Crippen LogP contribution in [-0.4, -0.2) is 14.5 Å². The molecule has 5 heteroatoms. The van der Waals surface area contributed by atoms with Crippen LogP contribution in [0.4, 0.5) is 0 Å². The molecule has 0 aliphatic rings. The summed E-state index contributed by atoms with van der Waals surface area (Å²) in [4.78, 5) is 11.1. The predicted molar refractivity (Wildman–Crippen MR) is 94.8 cm³/mol. The molecule has 3 aromatic heterocycles. The van der Waals surface area contributed by atoms with Gasteiger partial charge >= 0.3 is 0 Å². The van der Waals surface area contributed by atoms with E-state index in [1.165, 1.54) is 10.4 Å². The van der Waals surface area contributed by atoms with Gasteiger partial charge in [0.2, 0.25) is 0 Å². The fourth-order valence-electron chi connectivity index (χ4n) is 2.51. The van der Waals surface area contributed by atoms with E-state index in [2.05, 4.69) is 40.3 Å². The summed E-state index contributed by atoms with van der Waals surface area (Å²) < 4.78 is 1.90. The molecule has 0 radical (unpaired) electrons. The van der Waals surface area contributed by atoms with Crippen molar-refractivity contribution in [3.63, 3.8) is 0 Å². The van der Waals surface area contributed by atoms with Crippen molar-refractivity contribution in [3.05, 3.63) is 78.8 Å². The van der Waals surface area contributed by atoms with Crippen LogP contribution in [0.3, 0.4) is 0 Å². The summed E-state index contributed by atoms with van der Waals surface area (Å²) in [7, 11) is 0. The Hall–Kier alpha value is -3.23. The molecule has 24 heavy (non-hydrogen) atoms. The number of hydrogen-bond donors (Lipinski definition) is 0. The molecular formula is C19H12N4S. The number of benzene rings is 1. The van der Waals surface area contributed by atoms with E-state index >= 15 is 0 Å². The first-order chi connectivity index (χ1) is 11.8. The largest absolute Gasteiger partial charge is 0.283 e. The number of thiophene rings is 1. The van der Waals surface area contributed by atoms with Crippen LogP contribution in [0.25, 0.3) is 27.0 Å². The number of nitriles is 1. The minimum absolute atomic E-state index is 0.392. The highest BCUT2D eigenvalue weighted by molar-refractivity contribution is 7.18. The first kappa shape index (κ1) is 14.4. The quantitative estimate of drug-likeness (QED) is 0.555. The summed E-state index contributed by atoms with van der Waals surface area (Å²) in [6, 6.07) is 21.9. The summed E-state index contributed by atoms with van der Waals surface area (Å²) in [5.41, 5.74) is 1.58. The number of aromatic nitrogens is 3. The monoisotopic (exact) mass is 328 g/mol. The third kappa shape index (κ3) is 2.60. The highest BCUT2D eigenvalue weighted by Crippen LogP contribution is 2.34. The Morgan fingerprint density at radius 1 is 0.917 bits per heavy atom. The van der Waals surface area contributed by atoms with Crippen molar-refractivity contribution in [2.45, 2.75) is 0 Å². The molecule has 0 saturated heterocycles. The van der Waals surface area contributed by atoms with Crippen LogP contribution in [0.2, 0.25) is 0 Å². The van der Waals surface area contributed by atoms with Crippen molar-refractivity contribution in [1.29, 1.82) is 5.26 Å². The number of imidazole rings is 1. The third-order valence-electron chi connectivity index (χ3n) is 3.62. The SMILES string of the molecule is N#Cc1cccc(-n2ccnc2-c2ccc(-c3ccccc3)s2)n1. The second-order valence-electron chi connectivity index (χ2n) is 5.14. The Morgan fingerprint density at radius 2 is 1.75 bits per heavy atom. The second-order valence-corrected chi connectivity index (χ2v) is 6.23. The number of pyridine rings is 1. The Bertz CT molecular complexity index is 1020. The molecular weight excluding hydrogens is 316 g/mol. The van der Waals surface area contributed by atoms with Crippen molar-refractivity contribution in [1.82, 2.24) is 14.5 Å². The van der Waals surface area contributed by atoms with Gasteiger partial charge in [-0.3, -0.25) is 4.57 Å². The molecule has 0 N–H and O–H groups in total. The van der Waals surface area contributed by atoms with E-state index in [4.69, 9.17) is 5.26 Å². The van der Waals surface area contributed by atoms with Gasteiger partial charge in [0, 0.05) is 17.3 Å². The zero-order valence-electron chi connectivity index (χ0n) is 12.6. The summed E-state index contributed by atoms with van der Waals surface area (Å²) in [5, 5.41) is 9.04. The number of hydrogen-bond acceptors (Lipinski definition) is 4. The minimum Gasteiger partial charge on any atom is -0.283 e. The highest BCUT2D eigenvalue weighted by Gasteiger charge is 2.12. The van der Waals surface area contributed by atoms with Crippen molar-refractivity contribution < 1.29 is 0 Å². The van der Waals surface area contributed by atoms with Gasteiger partial charge in [0.05, 0.1) is 4.88 Å². The normalized spacial score (nSPS) is 10.5. The zero-order valence-corrected chi connectivity index (χ0v) is 13.4. The van der Waals surface area contributed by atoms with Crippen molar-refractivity contribution >= 4 is 11.3 Å². The zero-order chi connectivity index (χ0) is 16.4. The van der Waals surface area contributed by atoms with Crippen molar-refractivity contribution in [2.24, 2.45) is 0 Å². The average Bonchev–Trinajstić information content (AvgIpc) is 3.31. The Morgan fingerprint density at radius 3 is 2.58 bits per heavy atom. The Balaban J connectivity index is 1.76. The van der Waals surface area contributed by atoms with Gasteiger partial charge in [-0.25, -0.2) is 9.97 Å². The van der Waals surface area contributed by atoms with Gasteiger partial charge in [-0.05, 0) is 29.8 Å². The van der Waals surface area contributed by atoms with Gasteiger partial charge in [-0.1, -0.05) is 36.4 Å². The van der Waals surface area contributed by atoms with Crippen LogP contribution in [-0.2, 0) is 0 Å². The molecule has 1 aromatic carbocycles. The molecule has 0 saturated carbocycles. The molecule has 0 fully saturated rings. The molecule has 3 heterocycles. The second kappa shape index (κ2) is 6.11. The molecule has 0 bridgehead atoms. The minimum atomic E-state index is 0.392. The van der Waals surface area contributed by atoms with E-state index in [0.717, 1.165) is 10.7 Å². The third-order valence-corrected chi connectivity index (χ3v) is 4.75. The van der Waals surface area contributed by atoms with Gasteiger partial charge in [0.1, 0.15) is 17.6 Å². The fourth-order valence-corrected chi connectivity index (χ4v) is 3.51. The summed E-state index contributed by atoms with van der Waals surface area (Å²) in [5.74, 6) is 1.51. The van der Waals surface area contributed by atoms with Crippen LogP contribution in [0, 0.1) is 11.3 Å². The molecule has 114 valence electrons. The Labute approximate surface area is 143 Å². The van der Waals surface area contributed by atoms with Gasteiger partial charge in [-0.2, -0.15) is 5.26 Å². The number of nitrogens with zero attached hydrogens (tertiary/aromatic N) is 4. The first-order valence-corrected chi connectivity index (χ1v) is 8.23. The van der Waals surface area contributed by atoms with E-state index in [-0.39, 0.29) is 0 Å². The lowest BCUT2D eigenvalue weighted by Crippen LogP contribution is -1.99. The van der Waals surface area contributed by atoms with Crippen LogP contribution < -0.4 is 0 Å². The van der Waals surface area contributed by atoms with Crippen LogP contribution in [0.1, 0.15) is 5.69 Å². The molecule has 0 amide bonds. The van der Waals surface area contributed by atoms with Crippen molar-refractivity contribution in [2.75, 3.05) is 0 Å². The molecule has 0 atom stereocenters. The van der Waals surface area contributed by atoms with Gasteiger partial charge in [-0.15, -0.1) is 11.3 Å². The molecule has 4 rings (SSSR count). The molecule has 4 nitrogen and oxygen atoms in total. The van der Waals surface area contributed by atoms with Gasteiger partial charge in [0.15, 0.2) is 5.82 Å². The predicted octanol–water partition coefficient (Wildman–Crippen LogP) is 4.53. The Kier molecular flexibility index (Phi) is 3.66. The van der Waals surface area contributed by atoms with Crippen LogP contribution in [0.5, 0.6) is 0 Å². The van der Waals surface area contributed by atoms with Crippen molar-refractivity contribution in [3.8, 4) is 33.0 Å². The molecule has 0 spiro atoms. The lowest BCUT2D eigenvalue weighted by molar-refractivity contribution is 0.998. The maximum absolute atomic E-state index is 9.04. The fraction of sp³-hybridized carbons (Fsp3) is 0. The van der Waals surface area contributed by atoms with E-state index < -0.39 is 0 Å². The van der Waals surface area contributed by atoms with E-state index in [1.54, 1.807) is 23.6 Å². The van der Waals surface area contributed by atoms with Gasteiger partial charge < -0.3 is 0 Å².